The first kappa shape index (κ1) is 18.9. The monoisotopic (exact) mass is 409 g/mol. The summed E-state index contributed by atoms with van der Waals surface area (Å²) in [6, 6.07) is 5.34. The minimum atomic E-state index is -3.91. The van der Waals surface area contributed by atoms with Gasteiger partial charge < -0.3 is 10.1 Å². The molecule has 0 aliphatic rings. The lowest BCUT2D eigenvalue weighted by Gasteiger charge is -2.09. The van der Waals surface area contributed by atoms with Crippen molar-refractivity contribution in [2.75, 3.05) is 25.5 Å². The molecule has 12 heteroatoms. The van der Waals surface area contributed by atoms with Crippen LogP contribution in [0, 0.1) is 10.1 Å². The lowest BCUT2D eigenvalue weighted by atomic mass is 10.3. The first-order valence-electron chi connectivity index (χ1n) is 7.66. The van der Waals surface area contributed by atoms with Gasteiger partial charge in [0.15, 0.2) is 5.75 Å². The number of fused-ring (bicyclic) bond motifs is 1. The average Bonchev–Trinajstić information content (AvgIpc) is 3.14. The maximum atomic E-state index is 12.4. The van der Waals surface area contributed by atoms with Gasteiger partial charge in [-0.2, -0.15) is 0 Å². The molecule has 2 N–H and O–H groups in total. The van der Waals surface area contributed by atoms with Crippen molar-refractivity contribution in [3.05, 3.63) is 46.1 Å². The van der Waals surface area contributed by atoms with E-state index in [-0.39, 0.29) is 23.7 Å². The van der Waals surface area contributed by atoms with Crippen LogP contribution in [0.1, 0.15) is 0 Å². The number of ether oxygens (including phenoxy) is 1. The lowest BCUT2D eigenvalue weighted by molar-refractivity contribution is -0.386. The first-order valence-corrected chi connectivity index (χ1v) is 10.0. The Kier molecular flexibility index (Phi) is 5.48. The number of nitro benzene ring substituents is 1. The van der Waals surface area contributed by atoms with Gasteiger partial charge in [-0.3, -0.25) is 10.1 Å². The molecule has 3 aromatic rings. The van der Waals surface area contributed by atoms with E-state index < -0.39 is 20.6 Å². The van der Waals surface area contributed by atoms with Crippen LogP contribution in [0.5, 0.6) is 5.75 Å². The van der Waals surface area contributed by atoms with Crippen LogP contribution in [0.25, 0.3) is 10.2 Å². The zero-order valence-corrected chi connectivity index (χ0v) is 15.7. The van der Waals surface area contributed by atoms with Crippen molar-refractivity contribution in [1.82, 2.24) is 14.7 Å². The van der Waals surface area contributed by atoms with E-state index in [4.69, 9.17) is 4.74 Å². The van der Waals surface area contributed by atoms with Crippen molar-refractivity contribution in [2.24, 2.45) is 0 Å². The summed E-state index contributed by atoms with van der Waals surface area (Å²) in [6.07, 6.45) is 1.43. The standard InChI is InChI=1S/C15H15N5O5S2/c1-25-13-3-2-10(8-12(13)20(21)22)27(23,24)19-6-5-16-14-11-4-7-26-15(11)18-9-17-14/h2-4,7-9,19H,5-6H2,1H3,(H,16,17,18). The van der Waals surface area contributed by atoms with Crippen molar-refractivity contribution >= 4 is 43.1 Å². The number of aromatic nitrogens is 2. The fourth-order valence-electron chi connectivity index (χ4n) is 2.36. The zero-order valence-electron chi connectivity index (χ0n) is 14.1. The molecular weight excluding hydrogens is 394 g/mol. The highest BCUT2D eigenvalue weighted by atomic mass is 32.2. The molecule has 1 aromatic carbocycles. The molecule has 27 heavy (non-hydrogen) atoms. The van der Waals surface area contributed by atoms with E-state index in [1.807, 2.05) is 11.4 Å². The molecule has 2 heterocycles. The molecule has 0 saturated carbocycles. The Morgan fingerprint density at radius 2 is 2.07 bits per heavy atom. The fraction of sp³-hybridized carbons (Fsp3) is 0.200. The predicted octanol–water partition coefficient (Wildman–Crippen LogP) is 2.00. The maximum Gasteiger partial charge on any atom is 0.312 e. The van der Waals surface area contributed by atoms with E-state index in [9.17, 15) is 18.5 Å². The van der Waals surface area contributed by atoms with E-state index in [1.165, 1.54) is 36.9 Å². The van der Waals surface area contributed by atoms with Gasteiger partial charge in [-0.1, -0.05) is 0 Å². The van der Waals surface area contributed by atoms with Crippen molar-refractivity contribution < 1.29 is 18.1 Å². The van der Waals surface area contributed by atoms with Gasteiger partial charge in [-0.15, -0.1) is 11.3 Å². The predicted molar refractivity (Wildman–Crippen MR) is 101 cm³/mol. The highest BCUT2D eigenvalue weighted by Crippen LogP contribution is 2.29. The summed E-state index contributed by atoms with van der Waals surface area (Å²) in [6.45, 7) is 0.344. The molecule has 0 aliphatic carbocycles. The molecule has 0 amide bonds. The molecule has 0 atom stereocenters. The van der Waals surface area contributed by atoms with Crippen LogP contribution in [0.2, 0.25) is 0 Å². The summed E-state index contributed by atoms with van der Waals surface area (Å²) < 4.78 is 32.0. The molecule has 0 unspecified atom stereocenters. The Balaban J connectivity index is 1.66. The second-order valence-corrected chi connectivity index (χ2v) is 7.94. The smallest absolute Gasteiger partial charge is 0.312 e. The summed E-state index contributed by atoms with van der Waals surface area (Å²) in [5.41, 5.74) is -0.417. The normalized spacial score (nSPS) is 11.4. The molecule has 142 valence electrons. The molecule has 3 rings (SSSR count). The number of rotatable bonds is 8. The lowest BCUT2D eigenvalue weighted by Crippen LogP contribution is -2.29. The van der Waals surface area contributed by atoms with Crippen LogP contribution in [-0.4, -0.2) is 43.5 Å². The summed E-state index contributed by atoms with van der Waals surface area (Å²) in [5, 5.41) is 16.8. The highest BCUT2D eigenvalue weighted by Gasteiger charge is 2.21. The van der Waals surface area contributed by atoms with Gasteiger partial charge in [0.25, 0.3) is 0 Å². The molecule has 0 saturated heterocycles. The number of nitrogens with one attached hydrogen (secondary N) is 2. The fourth-order valence-corrected chi connectivity index (χ4v) is 4.14. The van der Waals surface area contributed by atoms with Crippen LogP contribution < -0.4 is 14.8 Å². The van der Waals surface area contributed by atoms with Crippen LogP contribution in [0.3, 0.4) is 0 Å². The third-order valence-corrected chi connectivity index (χ3v) is 5.91. The SMILES string of the molecule is COc1ccc(S(=O)(=O)NCCNc2ncnc3sccc23)cc1[N+](=O)[O-]. The van der Waals surface area contributed by atoms with E-state index in [0.717, 1.165) is 16.3 Å². The number of sulfonamides is 1. The Labute approximate surface area is 158 Å². The van der Waals surface area contributed by atoms with E-state index in [0.29, 0.717) is 5.82 Å². The number of methoxy groups -OCH3 is 1. The second-order valence-electron chi connectivity index (χ2n) is 5.28. The van der Waals surface area contributed by atoms with Crippen LogP contribution >= 0.6 is 11.3 Å². The average molecular weight is 409 g/mol. The summed E-state index contributed by atoms with van der Waals surface area (Å²) >= 11 is 1.48. The Morgan fingerprint density at radius 3 is 2.81 bits per heavy atom. The van der Waals surface area contributed by atoms with Gasteiger partial charge in [0.1, 0.15) is 17.0 Å². The third kappa shape index (κ3) is 4.13. The van der Waals surface area contributed by atoms with E-state index in [1.54, 1.807) is 0 Å². The van der Waals surface area contributed by atoms with E-state index >= 15 is 0 Å². The largest absolute Gasteiger partial charge is 0.490 e. The highest BCUT2D eigenvalue weighted by molar-refractivity contribution is 7.89. The molecular formula is C15H15N5O5S2. The van der Waals surface area contributed by atoms with Crippen molar-refractivity contribution in [3.8, 4) is 5.75 Å². The van der Waals surface area contributed by atoms with Gasteiger partial charge in [-0.25, -0.2) is 23.1 Å². The van der Waals surface area contributed by atoms with Crippen LogP contribution in [0.15, 0.2) is 40.9 Å². The van der Waals surface area contributed by atoms with Gasteiger partial charge in [0.05, 0.1) is 22.3 Å². The molecule has 0 spiro atoms. The minimum absolute atomic E-state index is 0.0100. The maximum absolute atomic E-state index is 12.4. The van der Waals surface area contributed by atoms with Gasteiger partial charge >= 0.3 is 5.69 Å². The van der Waals surface area contributed by atoms with Gasteiger partial charge in [0, 0.05) is 19.2 Å². The van der Waals surface area contributed by atoms with Crippen molar-refractivity contribution in [1.29, 1.82) is 0 Å². The summed E-state index contributed by atoms with van der Waals surface area (Å²) in [7, 11) is -2.63. The van der Waals surface area contributed by atoms with Crippen LogP contribution in [-0.2, 0) is 10.0 Å². The molecule has 10 nitrogen and oxygen atoms in total. The first-order chi connectivity index (χ1) is 12.9. The van der Waals surface area contributed by atoms with Crippen LogP contribution in [0.4, 0.5) is 11.5 Å². The molecule has 0 radical (unpaired) electrons. The zero-order chi connectivity index (χ0) is 19.4. The number of anilines is 1. The number of benzene rings is 1. The van der Waals surface area contributed by atoms with Gasteiger partial charge in [0.2, 0.25) is 10.0 Å². The van der Waals surface area contributed by atoms with Gasteiger partial charge in [-0.05, 0) is 23.6 Å². The topological polar surface area (TPSA) is 136 Å². The summed E-state index contributed by atoms with van der Waals surface area (Å²) in [5.74, 6) is 0.602. The molecule has 2 aromatic heterocycles. The summed E-state index contributed by atoms with van der Waals surface area (Å²) in [4.78, 5) is 19.3. The number of nitro groups is 1. The molecule has 0 fully saturated rings. The quantitative estimate of drug-likeness (QED) is 0.327. The second kappa shape index (κ2) is 7.82. The third-order valence-electron chi connectivity index (χ3n) is 3.63. The number of hydrogen-bond acceptors (Lipinski definition) is 9. The Hall–Kier alpha value is -2.83. The van der Waals surface area contributed by atoms with Crippen molar-refractivity contribution in [3.63, 3.8) is 0 Å². The minimum Gasteiger partial charge on any atom is -0.490 e. The Bertz CT molecular complexity index is 1080. The van der Waals surface area contributed by atoms with E-state index in [2.05, 4.69) is 20.0 Å². The number of thiophene rings is 1. The van der Waals surface area contributed by atoms with Crippen molar-refractivity contribution in [2.45, 2.75) is 4.90 Å². The Morgan fingerprint density at radius 1 is 1.26 bits per heavy atom. The number of hydrogen-bond donors (Lipinski definition) is 2. The number of nitrogens with zero attached hydrogens (tertiary/aromatic N) is 3. The molecule has 0 bridgehead atoms. The molecule has 0 aliphatic heterocycles.